The molecule has 0 aromatic heterocycles. The maximum atomic E-state index is 14.7. The zero-order valence-electron chi connectivity index (χ0n) is 37.5. The van der Waals surface area contributed by atoms with Gasteiger partial charge in [-0.25, -0.2) is 0 Å². The molecule has 352 valence electrons. The SMILES string of the molecule is CC(=O)N[C@H]1C[C@H](OC[C@@H]2NC(=O)[C@H](C)NC(=O)[C@H](Cc3ccccc3)NC(=O)[C@H]3CCCN3C(=O)[C@H](Cc3ccccc3)NC(=O)[C@H](Cc3ccccc3)NC2=O)O[C@@H](C)[C@@H]1OC(C)=O. The van der Waals surface area contributed by atoms with E-state index in [1.807, 2.05) is 24.3 Å². The number of hydrogen-bond donors (Lipinski definition) is 6. The lowest BCUT2D eigenvalue weighted by atomic mass is 9.99. The Kier molecular flexibility index (Phi) is 17.0. The van der Waals surface area contributed by atoms with Crippen LogP contribution in [0, 0.1) is 0 Å². The Hall–Kier alpha value is -6.66. The number of benzene rings is 3. The molecule has 6 N–H and O–H groups in total. The van der Waals surface area contributed by atoms with Gasteiger partial charge in [0.25, 0.3) is 0 Å². The van der Waals surface area contributed by atoms with Gasteiger partial charge in [-0.1, -0.05) is 91.0 Å². The number of carbonyl (C=O) groups is 8. The van der Waals surface area contributed by atoms with Crippen LogP contribution in [0.3, 0.4) is 0 Å². The molecule has 3 aliphatic rings. The van der Waals surface area contributed by atoms with E-state index in [-0.39, 0.29) is 32.2 Å². The molecule has 18 nitrogen and oxygen atoms in total. The highest BCUT2D eigenvalue weighted by Gasteiger charge is 2.42. The van der Waals surface area contributed by atoms with Gasteiger partial charge in [0.1, 0.15) is 42.4 Å². The first-order chi connectivity index (χ1) is 31.6. The van der Waals surface area contributed by atoms with Gasteiger partial charge in [0.15, 0.2) is 6.29 Å². The van der Waals surface area contributed by atoms with Gasteiger partial charge in [-0.2, -0.15) is 0 Å². The monoisotopic (exact) mass is 909 g/mol. The van der Waals surface area contributed by atoms with Gasteiger partial charge >= 0.3 is 5.97 Å². The molecule has 0 radical (unpaired) electrons. The highest BCUT2D eigenvalue weighted by Crippen LogP contribution is 2.25. The predicted octanol–water partition coefficient (Wildman–Crippen LogP) is 0.751. The molecule has 0 spiro atoms. The van der Waals surface area contributed by atoms with Crippen molar-refractivity contribution in [1.82, 2.24) is 36.8 Å². The normalized spacial score (nSPS) is 28.0. The lowest BCUT2D eigenvalue weighted by molar-refractivity contribution is -0.233. The van der Waals surface area contributed by atoms with Gasteiger partial charge in [0.05, 0.1) is 18.8 Å². The second kappa shape index (κ2) is 23.0. The van der Waals surface area contributed by atoms with E-state index in [9.17, 15) is 38.4 Å². The Bertz CT molecular complexity index is 2200. The van der Waals surface area contributed by atoms with Gasteiger partial charge in [-0.3, -0.25) is 38.4 Å². The molecule has 66 heavy (non-hydrogen) atoms. The van der Waals surface area contributed by atoms with Crippen molar-refractivity contribution >= 4 is 47.3 Å². The van der Waals surface area contributed by atoms with Crippen molar-refractivity contribution in [2.75, 3.05) is 13.2 Å². The van der Waals surface area contributed by atoms with Crippen LogP contribution in [0.25, 0.3) is 0 Å². The molecule has 6 rings (SSSR count). The maximum absolute atomic E-state index is 14.7. The molecule has 18 heteroatoms. The summed E-state index contributed by atoms with van der Waals surface area (Å²) in [5.41, 5.74) is 2.13. The van der Waals surface area contributed by atoms with Crippen molar-refractivity contribution in [3.63, 3.8) is 0 Å². The summed E-state index contributed by atoms with van der Waals surface area (Å²) in [6, 6.07) is 18.9. The Morgan fingerprint density at radius 3 is 1.68 bits per heavy atom. The first-order valence-electron chi connectivity index (χ1n) is 22.3. The Balaban J connectivity index is 1.34. The molecule has 3 aromatic rings. The van der Waals surface area contributed by atoms with Crippen LogP contribution in [-0.2, 0) is 71.8 Å². The van der Waals surface area contributed by atoms with Crippen LogP contribution in [0.1, 0.15) is 63.6 Å². The predicted molar refractivity (Wildman–Crippen MR) is 239 cm³/mol. The minimum absolute atomic E-state index is 0.00111. The number of esters is 1. The Labute approximate surface area is 383 Å². The summed E-state index contributed by atoms with van der Waals surface area (Å²) in [6.07, 6.45) is -1.79. The molecule has 3 heterocycles. The zero-order valence-corrected chi connectivity index (χ0v) is 37.5. The summed E-state index contributed by atoms with van der Waals surface area (Å²) >= 11 is 0. The number of rotatable bonds is 11. The van der Waals surface area contributed by atoms with Crippen molar-refractivity contribution in [3.8, 4) is 0 Å². The third-order valence-corrected chi connectivity index (χ3v) is 11.8. The highest BCUT2D eigenvalue weighted by molar-refractivity contribution is 5.98. The van der Waals surface area contributed by atoms with Crippen LogP contribution in [0.15, 0.2) is 91.0 Å². The van der Waals surface area contributed by atoms with Crippen molar-refractivity contribution < 1.29 is 52.6 Å². The third kappa shape index (κ3) is 13.4. The fourth-order valence-corrected chi connectivity index (χ4v) is 8.47. The molecule has 0 unspecified atom stereocenters. The number of fused-ring (bicyclic) bond motifs is 1. The molecule has 0 saturated carbocycles. The van der Waals surface area contributed by atoms with E-state index >= 15 is 0 Å². The van der Waals surface area contributed by atoms with Crippen molar-refractivity contribution in [2.45, 2.75) is 127 Å². The molecule has 0 bridgehead atoms. The van der Waals surface area contributed by atoms with Gasteiger partial charge in [0.2, 0.25) is 41.4 Å². The van der Waals surface area contributed by atoms with E-state index < -0.39 is 115 Å². The molecule has 3 aliphatic heterocycles. The number of carbonyl (C=O) groups excluding carboxylic acids is 8. The van der Waals surface area contributed by atoms with Crippen molar-refractivity contribution in [2.24, 2.45) is 0 Å². The average molecular weight is 910 g/mol. The van der Waals surface area contributed by atoms with E-state index in [4.69, 9.17) is 14.2 Å². The molecule has 0 aliphatic carbocycles. The van der Waals surface area contributed by atoms with Crippen LogP contribution in [-0.4, -0.2) is 126 Å². The second-order valence-corrected chi connectivity index (χ2v) is 17.0. The van der Waals surface area contributed by atoms with Gasteiger partial charge in [-0.15, -0.1) is 0 Å². The minimum atomic E-state index is -1.50. The Morgan fingerprint density at radius 2 is 1.14 bits per heavy atom. The topological polar surface area (TPSA) is 240 Å². The number of ether oxygens (including phenoxy) is 3. The molecule has 10 atom stereocenters. The van der Waals surface area contributed by atoms with Crippen molar-refractivity contribution in [3.05, 3.63) is 108 Å². The van der Waals surface area contributed by atoms with Gasteiger partial charge in [-0.05, 0) is 43.4 Å². The van der Waals surface area contributed by atoms with Crippen LogP contribution in [0.2, 0.25) is 0 Å². The smallest absolute Gasteiger partial charge is 0.303 e. The molecule has 3 saturated heterocycles. The summed E-state index contributed by atoms with van der Waals surface area (Å²) in [5.74, 6) is -5.05. The molecular weight excluding hydrogens is 851 g/mol. The standard InChI is InChI=1S/C48H59N7O11/c1-28-43(58)54-39(27-64-41-26-35(50-30(3)56)42(29(2)65-41)66-31(4)57)46(61)51-37(24-33-17-10-6-11-18-33)45(60)53-38(25-34-19-12-7-13-20-34)48(63)55-22-14-21-40(55)47(62)52-36(44(59)49-28)23-32-15-8-5-9-16-32/h5-13,15-20,28-29,35-42H,14,21-27H2,1-4H3,(H,49,59)(H,50,56)(H,51,61)(H,52,62)(H,53,60)(H,54,58)/t28-,29-,35-,36-,37-,38-,39-,40+,41+,42-/m0/s1. The molecular formula is C48H59N7O11. The van der Waals surface area contributed by atoms with Crippen LogP contribution < -0.4 is 31.9 Å². The van der Waals surface area contributed by atoms with Crippen LogP contribution in [0.4, 0.5) is 0 Å². The number of hydrogen-bond acceptors (Lipinski definition) is 11. The fourth-order valence-electron chi connectivity index (χ4n) is 8.47. The quantitative estimate of drug-likeness (QED) is 0.147. The second-order valence-electron chi connectivity index (χ2n) is 17.0. The lowest BCUT2D eigenvalue weighted by Gasteiger charge is -2.40. The van der Waals surface area contributed by atoms with E-state index in [0.717, 1.165) is 11.1 Å². The summed E-state index contributed by atoms with van der Waals surface area (Å²) in [5, 5.41) is 16.6. The third-order valence-electron chi connectivity index (χ3n) is 11.8. The average Bonchev–Trinajstić information content (AvgIpc) is 3.79. The largest absolute Gasteiger partial charge is 0.458 e. The molecule has 7 amide bonds. The van der Waals surface area contributed by atoms with Crippen LogP contribution >= 0.6 is 0 Å². The maximum Gasteiger partial charge on any atom is 0.303 e. The zero-order chi connectivity index (χ0) is 47.3. The van der Waals surface area contributed by atoms with E-state index in [1.54, 1.807) is 73.7 Å². The number of amides is 7. The minimum Gasteiger partial charge on any atom is -0.458 e. The summed E-state index contributed by atoms with van der Waals surface area (Å²) in [4.78, 5) is 112. The summed E-state index contributed by atoms with van der Waals surface area (Å²) in [7, 11) is 0. The highest BCUT2D eigenvalue weighted by atomic mass is 16.7. The van der Waals surface area contributed by atoms with Gasteiger partial charge < -0.3 is 51.0 Å². The van der Waals surface area contributed by atoms with E-state index in [1.165, 1.54) is 25.7 Å². The summed E-state index contributed by atoms with van der Waals surface area (Å²) < 4.78 is 17.6. The van der Waals surface area contributed by atoms with Crippen LogP contribution in [0.5, 0.6) is 0 Å². The van der Waals surface area contributed by atoms with E-state index in [0.29, 0.717) is 18.4 Å². The number of nitrogens with one attached hydrogen (secondary N) is 6. The first-order valence-corrected chi connectivity index (χ1v) is 22.3. The van der Waals surface area contributed by atoms with E-state index in [2.05, 4.69) is 31.9 Å². The lowest BCUT2D eigenvalue weighted by Crippen LogP contribution is -2.62. The molecule has 3 aromatic carbocycles. The first kappa shape index (κ1) is 48.8. The number of nitrogens with zero attached hydrogens (tertiary/aromatic N) is 1. The summed E-state index contributed by atoms with van der Waals surface area (Å²) in [6.45, 7) is 5.30. The fraction of sp³-hybridized carbons (Fsp3) is 0.458. The Morgan fingerprint density at radius 1 is 0.652 bits per heavy atom. The van der Waals surface area contributed by atoms with Gasteiger partial charge in [0, 0.05) is 46.1 Å². The van der Waals surface area contributed by atoms with Crippen molar-refractivity contribution in [1.29, 1.82) is 0 Å². The molecule has 3 fully saturated rings.